The second-order valence-electron chi connectivity index (χ2n) is 8.93. The van der Waals surface area contributed by atoms with Gasteiger partial charge in [0.2, 0.25) is 0 Å². The van der Waals surface area contributed by atoms with Crippen molar-refractivity contribution in [3.8, 4) is 22.5 Å². The summed E-state index contributed by atoms with van der Waals surface area (Å²) in [7, 11) is 0. The van der Waals surface area contributed by atoms with E-state index in [0.717, 1.165) is 46.1 Å². The Morgan fingerprint density at radius 3 is 1.07 bits per heavy atom. The van der Waals surface area contributed by atoms with Crippen molar-refractivity contribution in [1.29, 1.82) is 0 Å². The van der Waals surface area contributed by atoms with Gasteiger partial charge in [0.05, 0.1) is 33.5 Å². The number of rotatable bonds is 2. The number of benzene rings is 4. The topological polar surface area (TPSA) is 25.8 Å². The summed E-state index contributed by atoms with van der Waals surface area (Å²) in [5, 5.41) is 2.01. The molecule has 9 heteroatoms. The van der Waals surface area contributed by atoms with Gasteiger partial charge in [-0.1, -0.05) is 72.8 Å². The molecule has 0 saturated heterocycles. The van der Waals surface area contributed by atoms with E-state index in [0.29, 0.717) is 22.5 Å². The molecule has 0 unspecified atom stereocenters. The number of alkyl halides is 6. The van der Waals surface area contributed by atoms with Gasteiger partial charge in [0.15, 0.2) is 0 Å². The summed E-state index contributed by atoms with van der Waals surface area (Å²) in [6.07, 6.45) is -8.62. The average molecular weight is 739 g/mol. The standard InChI is InChI=1S/2C16H10F3N.Ir/c2*17-16(18,19)13-8-5-12(6-9-13)15-10-7-11-3-1-2-4-14(11)20-15;/h2*1-10H;. The maximum Gasteiger partial charge on any atom is 0.416 e. The van der Waals surface area contributed by atoms with Crippen LogP contribution in [0.25, 0.3) is 44.3 Å². The van der Waals surface area contributed by atoms with Crippen molar-refractivity contribution in [2.75, 3.05) is 0 Å². The Hall–Kier alpha value is -4.07. The van der Waals surface area contributed by atoms with Crippen molar-refractivity contribution in [1.82, 2.24) is 9.97 Å². The second kappa shape index (κ2) is 12.2. The minimum absolute atomic E-state index is 0. The largest absolute Gasteiger partial charge is 0.416 e. The summed E-state index contributed by atoms with van der Waals surface area (Å²) in [6, 6.07) is 32.8. The van der Waals surface area contributed by atoms with Gasteiger partial charge in [0.25, 0.3) is 0 Å². The zero-order valence-corrected chi connectivity index (χ0v) is 23.4. The molecule has 0 saturated carbocycles. The van der Waals surface area contributed by atoms with E-state index in [1.165, 1.54) is 24.3 Å². The fraction of sp³-hybridized carbons (Fsp3) is 0.0625. The van der Waals surface area contributed by atoms with Crippen LogP contribution >= 0.6 is 0 Å². The molecule has 1 radical (unpaired) electrons. The molecule has 0 bridgehead atoms. The third-order valence-corrected chi connectivity index (χ3v) is 6.21. The molecule has 0 aliphatic rings. The smallest absolute Gasteiger partial charge is 0.248 e. The van der Waals surface area contributed by atoms with Crippen LogP contribution in [-0.2, 0) is 32.5 Å². The zero-order valence-electron chi connectivity index (χ0n) is 21.0. The van der Waals surface area contributed by atoms with E-state index in [2.05, 4.69) is 9.97 Å². The number of hydrogen-bond acceptors (Lipinski definition) is 2. The van der Waals surface area contributed by atoms with E-state index in [1.807, 2.05) is 72.8 Å². The van der Waals surface area contributed by atoms with Crippen LogP contribution in [0.5, 0.6) is 0 Å². The molecule has 0 atom stereocenters. The van der Waals surface area contributed by atoms with Gasteiger partial charge in [-0.05, 0) is 48.5 Å². The van der Waals surface area contributed by atoms with Gasteiger partial charge < -0.3 is 0 Å². The SMILES string of the molecule is FC(F)(F)c1ccc(-c2ccc3ccccc3n2)cc1.FC(F)(F)c1ccc(-c2ccc3ccccc3n2)cc1.[Ir]. The Bertz CT molecular complexity index is 1630. The van der Waals surface area contributed by atoms with Crippen molar-refractivity contribution in [3.63, 3.8) is 0 Å². The third kappa shape index (κ3) is 7.17. The van der Waals surface area contributed by atoms with Crippen LogP contribution < -0.4 is 0 Å². The third-order valence-electron chi connectivity index (χ3n) is 6.21. The first kappa shape index (κ1) is 29.9. The number of aromatic nitrogens is 2. The van der Waals surface area contributed by atoms with Crippen LogP contribution in [0.3, 0.4) is 0 Å². The summed E-state index contributed by atoms with van der Waals surface area (Å²) in [6.45, 7) is 0. The van der Waals surface area contributed by atoms with Gasteiger partial charge in [-0.25, -0.2) is 9.97 Å². The molecule has 4 aromatic carbocycles. The predicted molar refractivity (Wildman–Crippen MR) is 144 cm³/mol. The maximum atomic E-state index is 12.5. The number of para-hydroxylation sites is 2. The van der Waals surface area contributed by atoms with Gasteiger partial charge in [-0.2, -0.15) is 26.3 Å². The van der Waals surface area contributed by atoms with Gasteiger partial charge in [-0.3, -0.25) is 0 Å². The molecule has 0 amide bonds. The van der Waals surface area contributed by atoms with Gasteiger partial charge in [0, 0.05) is 42.0 Å². The molecular formula is C32H20F6IrN2. The van der Waals surface area contributed by atoms with Crippen LogP contribution in [0.15, 0.2) is 121 Å². The Labute approximate surface area is 245 Å². The number of hydrogen-bond donors (Lipinski definition) is 0. The monoisotopic (exact) mass is 739 g/mol. The summed E-state index contributed by atoms with van der Waals surface area (Å²) >= 11 is 0. The van der Waals surface area contributed by atoms with Crippen LogP contribution in [-0.4, -0.2) is 9.97 Å². The van der Waals surface area contributed by atoms with Crippen LogP contribution in [0, 0.1) is 0 Å². The molecule has 6 aromatic rings. The van der Waals surface area contributed by atoms with E-state index in [9.17, 15) is 26.3 Å². The van der Waals surface area contributed by atoms with E-state index >= 15 is 0 Å². The molecule has 0 aliphatic carbocycles. The number of nitrogens with zero attached hydrogens (tertiary/aromatic N) is 2. The summed E-state index contributed by atoms with van der Waals surface area (Å²) in [4.78, 5) is 8.91. The first-order valence-electron chi connectivity index (χ1n) is 12.1. The molecule has 0 fully saturated rings. The Balaban J connectivity index is 0.000000184. The molecular weight excluding hydrogens is 719 g/mol. The second-order valence-corrected chi connectivity index (χ2v) is 8.93. The van der Waals surface area contributed by atoms with Crippen LogP contribution in [0.2, 0.25) is 0 Å². The first-order valence-corrected chi connectivity index (χ1v) is 12.1. The van der Waals surface area contributed by atoms with Crippen LogP contribution in [0.4, 0.5) is 26.3 Å². The Morgan fingerprint density at radius 1 is 0.390 bits per heavy atom. The number of pyridine rings is 2. The van der Waals surface area contributed by atoms with Crippen molar-refractivity contribution in [2.45, 2.75) is 12.4 Å². The minimum Gasteiger partial charge on any atom is -0.248 e. The van der Waals surface area contributed by atoms with Crippen LogP contribution in [0.1, 0.15) is 11.1 Å². The maximum absolute atomic E-state index is 12.5. The fourth-order valence-electron chi connectivity index (χ4n) is 4.11. The van der Waals surface area contributed by atoms with E-state index in [4.69, 9.17) is 0 Å². The molecule has 41 heavy (non-hydrogen) atoms. The molecule has 209 valence electrons. The van der Waals surface area contributed by atoms with Crippen molar-refractivity contribution in [3.05, 3.63) is 132 Å². The first-order chi connectivity index (χ1) is 19.1. The van der Waals surface area contributed by atoms with Crippen molar-refractivity contribution in [2.24, 2.45) is 0 Å². The fourth-order valence-corrected chi connectivity index (χ4v) is 4.11. The molecule has 0 N–H and O–H groups in total. The van der Waals surface area contributed by atoms with Gasteiger partial charge in [0.1, 0.15) is 0 Å². The number of fused-ring (bicyclic) bond motifs is 2. The summed E-state index contributed by atoms with van der Waals surface area (Å²) in [5.41, 5.74) is 3.02. The minimum atomic E-state index is -4.31. The summed E-state index contributed by atoms with van der Waals surface area (Å²) < 4.78 is 75.1. The predicted octanol–water partition coefficient (Wildman–Crippen LogP) is 9.84. The molecule has 0 aliphatic heterocycles. The van der Waals surface area contributed by atoms with E-state index < -0.39 is 23.5 Å². The zero-order chi connectivity index (χ0) is 28.3. The average Bonchev–Trinajstić information content (AvgIpc) is 2.96. The van der Waals surface area contributed by atoms with Gasteiger partial charge in [-0.15, -0.1) is 0 Å². The molecule has 2 heterocycles. The Morgan fingerprint density at radius 2 is 0.732 bits per heavy atom. The summed E-state index contributed by atoms with van der Waals surface area (Å²) in [5.74, 6) is 0. The molecule has 0 spiro atoms. The van der Waals surface area contributed by atoms with Crippen molar-refractivity contribution >= 4 is 21.8 Å². The molecule has 2 nitrogen and oxygen atoms in total. The van der Waals surface area contributed by atoms with Crippen molar-refractivity contribution < 1.29 is 46.4 Å². The van der Waals surface area contributed by atoms with Gasteiger partial charge >= 0.3 is 12.4 Å². The normalized spacial score (nSPS) is 11.5. The quantitative estimate of drug-likeness (QED) is 0.166. The van der Waals surface area contributed by atoms with E-state index in [-0.39, 0.29) is 20.1 Å². The van der Waals surface area contributed by atoms with E-state index in [1.54, 1.807) is 0 Å². The molecule has 6 rings (SSSR count). The molecule has 2 aromatic heterocycles. The Kier molecular flexibility index (Phi) is 8.90. The number of halogens is 6.